The van der Waals surface area contributed by atoms with Crippen LogP contribution in [0.25, 0.3) is 0 Å². The average molecular weight is 209 g/mol. The van der Waals surface area contributed by atoms with E-state index in [4.69, 9.17) is 10.9 Å². The van der Waals surface area contributed by atoms with Gasteiger partial charge in [-0.3, -0.25) is 0 Å². The molecular weight excluding hydrogens is 194 g/mol. The molecule has 0 spiro atoms. The van der Waals surface area contributed by atoms with E-state index < -0.39 is 0 Å². The summed E-state index contributed by atoms with van der Waals surface area (Å²) in [5.74, 6) is 0.187. The van der Waals surface area contributed by atoms with Crippen LogP contribution in [0.4, 0.5) is 0 Å². The molecule has 6 heteroatoms. The van der Waals surface area contributed by atoms with Crippen molar-refractivity contribution >= 4 is 5.84 Å². The first-order valence-corrected chi connectivity index (χ1v) is 4.73. The van der Waals surface area contributed by atoms with Crippen LogP contribution >= 0.6 is 0 Å². The summed E-state index contributed by atoms with van der Waals surface area (Å²) in [6.45, 7) is 2.52. The standard InChI is InChI=1S/C9H15N5O/c1-2-8(9(10)14-15)12-5-7-3-4-11-6-13-7/h3-4,6,8,12,15H,2,5H2,1H3,(H2,10,14). The van der Waals surface area contributed by atoms with Gasteiger partial charge < -0.3 is 16.3 Å². The van der Waals surface area contributed by atoms with Crippen molar-refractivity contribution in [2.24, 2.45) is 10.9 Å². The third-order valence-corrected chi connectivity index (χ3v) is 2.05. The number of nitrogens with one attached hydrogen (secondary N) is 1. The predicted molar refractivity (Wildman–Crippen MR) is 56.4 cm³/mol. The topological polar surface area (TPSA) is 96.4 Å². The molecular formula is C9H15N5O. The lowest BCUT2D eigenvalue weighted by atomic mass is 10.2. The van der Waals surface area contributed by atoms with E-state index in [2.05, 4.69) is 20.4 Å². The Morgan fingerprint density at radius 2 is 2.53 bits per heavy atom. The van der Waals surface area contributed by atoms with Gasteiger partial charge in [0.15, 0.2) is 5.84 Å². The van der Waals surface area contributed by atoms with Crippen LogP contribution in [0.5, 0.6) is 0 Å². The molecule has 0 saturated carbocycles. The monoisotopic (exact) mass is 209 g/mol. The van der Waals surface area contributed by atoms with Gasteiger partial charge in [-0.1, -0.05) is 12.1 Å². The largest absolute Gasteiger partial charge is 0.409 e. The molecule has 1 unspecified atom stereocenters. The van der Waals surface area contributed by atoms with Crippen molar-refractivity contribution in [2.45, 2.75) is 25.9 Å². The molecule has 0 aromatic carbocycles. The molecule has 6 nitrogen and oxygen atoms in total. The van der Waals surface area contributed by atoms with Gasteiger partial charge in [0.25, 0.3) is 0 Å². The van der Waals surface area contributed by atoms with E-state index in [9.17, 15) is 0 Å². The summed E-state index contributed by atoms with van der Waals surface area (Å²) < 4.78 is 0. The van der Waals surface area contributed by atoms with Crippen LogP contribution in [0.2, 0.25) is 0 Å². The second kappa shape index (κ2) is 5.92. The van der Waals surface area contributed by atoms with E-state index in [1.807, 2.05) is 13.0 Å². The normalized spacial score (nSPS) is 13.8. The minimum atomic E-state index is -0.134. The molecule has 0 saturated heterocycles. The molecule has 1 heterocycles. The van der Waals surface area contributed by atoms with Crippen molar-refractivity contribution < 1.29 is 5.21 Å². The highest BCUT2D eigenvalue weighted by Crippen LogP contribution is 1.95. The highest BCUT2D eigenvalue weighted by atomic mass is 16.4. The number of nitrogens with two attached hydrogens (primary N) is 1. The minimum absolute atomic E-state index is 0.134. The zero-order valence-corrected chi connectivity index (χ0v) is 8.59. The van der Waals surface area contributed by atoms with Crippen LogP contribution in [0, 0.1) is 0 Å². The zero-order valence-electron chi connectivity index (χ0n) is 8.59. The smallest absolute Gasteiger partial charge is 0.156 e. The Labute approximate surface area is 88.2 Å². The fourth-order valence-electron chi connectivity index (χ4n) is 1.18. The maximum Gasteiger partial charge on any atom is 0.156 e. The van der Waals surface area contributed by atoms with E-state index in [1.165, 1.54) is 6.33 Å². The lowest BCUT2D eigenvalue weighted by Gasteiger charge is -2.14. The third-order valence-electron chi connectivity index (χ3n) is 2.05. The number of rotatable bonds is 5. The van der Waals surface area contributed by atoms with Crippen LogP contribution in [-0.4, -0.2) is 27.1 Å². The SMILES string of the molecule is CCC(NCc1ccncn1)/C(N)=N/O. The molecule has 1 rings (SSSR count). The molecule has 0 radical (unpaired) electrons. The van der Waals surface area contributed by atoms with Gasteiger partial charge >= 0.3 is 0 Å². The Hall–Kier alpha value is -1.69. The quantitative estimate of drug-likeness (QED) is 0.276. The molecule has 1 aromatic rings. The summed E-state index contributed by atoms with van der Waals surface area (Å²) in [6, 6.07) is 1.68. The zero-order chi connectivity index (χ0) is 11.1. The van der Waals surface area contributed by atoms with Gasteiger partial charge in [-0.25, -0.2) is 9.97 Å². The van der Waals surface area contributed by atoms with Gasteiger partial charge in [-0.15, -0.1) is 0 Å². The van der Waals surface area contributed by atoms with Gasteiger partial charge in [0.05, 0.1) is 11.7 Å². The van der Waals surface area contributed by atoms with Crippen LogP contribution in [0.15, 0.2) is 23.7 Å². The summed E-state index contributed by atoms with van der Waals surface area (Å²) in [6.07, 6.45) is 3.91. The molecule has 0 aliphatic rings. The predicted octanol–water partition coefficient (Wildman–Crippen LogP) is 0.0912. The first-order valence-electron chi connectivity index (χ1n) is 4.73. The Morgan fingerprint density at radius 1 is 1.73 bits per heavy atom. The molecule has 0 aliphatic heterocycles. The van der Waals surface area contributed by atoms with Gasteiger partial charge in [0.2, 0.25) is 0 Å². The number of hydrogen-bond acceptors (Lipinski definition) is 5. The molecule has 0 amide bonds. The maximum absolute atomic E-state index is 8.53. The summed E-state index contributed by atoms with van der Waals surface area (Å²) in [4.78, 5) is 7.87. The van der Waals surface area contributed by atoms with E-state index >= 15 is 0 Å². The van der Waals surface area contributed by atoms with Crippen molar-refractivity contribution in [3.8, 4) is 0 Å². The molecule has 0 fully saturated rings. The second-order valence-corrected chi connectivity index (χ2v) is 3.07. The highest BCUT2D eigenvalue weighted by molar-refractivity contribution is 5.85. The van der Waals surface area contributed by atoms with Gasteiger partial charge in [0, 0.05) is 12.7 Å². The number of aromatic nitrogens is 2. The summed E-state index contributed by atoms with van der Waals surface area (Å²) in [5, 5.41) is 14.6. The fraction of sp³-hybridized carbons (Fsp3) is 0.444. The first kappa shape index (κ1) is 11.4. The van der Waals surface area contributed by atoms with E-state index in [0.717, 1.165) is 12.1 Å². The molecule has 15 heavy (non-hydrogen) atoms. The Kier molecular flexibility index (Phi) is 4.49. The average Bonchev–Trinajstić information content (AvgIpc) is 2.31. The Bertz CT molecular complexity index is 314. The fourth-order valence-corrected chi connectivity index (χ4v) is 1.18. The number of oxime groups is 1. The van der Waals surface area contributed by atoms with E-state index in [-0.39, 0.29) is 11.9 Å². The lowest BCUT2D eigenvalue weighted by molar-refractivity contribution is 0.314. The number of amidine groups is 1. The molecule has 0 bridgehead atoms. The van der Waals surface area contributed by atoms with E-state index in [0.29, 0.717) is 6.54 Å². The lowest BCUT2D eigenvalue weighted by Crippen LogP contribution is -2.40. The molecule has 0 aliphatic carbocycles. The van der Waals surface area contributed by atoms with Crippen LogP contribution in [-0.2, 0) is 6.54 Å². The Morgan fingerprint density at radius 3 is 3.07 bits per heavy atom. The van der Waals surface area contributed by atoms with Crippen LogP contribution < -0.4 is 11.1 Å². The van der Waals surface area contributed by atoms with Crippen LogP contribution in [0.3, 0.4) is 0 Å². The molecule has 82 valence electrons. The maximum atomic E-state index is 8.53. The molecule has 1 atom stereocenters. The van der Waals surface area contributed by atoms with Gasteiger partial charge in [-0.05, 0) is 12.5 Å². The summed E-state index contributed by atoms with van der Waals surface area (Å²) >= 11 is 0. The van der Waals surface area contributed by atoms with E-state index in [1.54, 1.807) is 6.20 Å². The van der Waals surface area contributed by atoms with Crippen molar-refractivity contribution in [2.75, 3.05) is 0 Å². The highest BCUT2D eigenvalue weighted by Gasteiger charge is 2.10. The molecule has 4 N–H and O–H groups in total. The Balaban J connectivity index is 2.48. The minimum Gasteiger partial charge on any atom is -0.409 e. The van der Waals surface area contributed by atoms with Crippen molar-refractivity contribution in [3.05, 3.63) is 24.3 Å². The second-order valence-electron chi connectivity index (χ2n) is 3.07. The number of hydrogen-bond donors (Lipinski definition) is 3. The first-order chi connectivity index (χ1) is 7.27. The van der Waals surface area contributed by atoms with Crippen molar-refractivity contribution in [1.82, 2.24) is 15.3 Å². The van der Waals surface area contributed by atoms with Gasteiger partial charge in [-0.2, -0.15) is 0 Å². The molecule has 1 aromatic heterocycles. The number of nitrogens with zero attached hydrogens (tertiary/aromatic N) is 3. The van der Waals surface area contributed by atoms with Crippen molar-refractivity contribution in [1.29, 1.82) is 0 Å². The van der Waals surface area contributed by atoms with Gasteiger partial charge in [0.1, 0.15) is 6.33 Å². The summed E-state index contributed by atoms with van der Waals surface area (Å²) in [7, 11) is 0. The third kappa shape index (κ3) is 3.51. The van der Waals surface area contributed by atoms with Crippen LogP contribution in [0.1, 0.15) is 19.0 Å². The van der Waals surface area contributed by atoms with Crippen molar-refractivity contribution in [3.63, 3.8) is 0 Å². The summed E-state index contributed by atoms with van der Waals surface area (Å²) in [5.41, 5.74) is 6.37.